The molecule has 1 saturated heterocycles. The first-order chi connectivity index (χ1) is 9.88. The van der Waals surface area contributed by atoms with E-state index >= 15 is 0 Å². The van der Waals surface area contributed by atoms with Crippen molar-refractivity contribution in [2.75, 3.05) is 19.8 Å². The van der Waals surface area contributed by atoms with Crippen LogP contribution in [0.15, 0.2) is 24.3 Å². The van der Waals surface area contributed by atoms with Crippen molar-refractivity contribution in [1.29, 1.82) is 0 Å². The summed E-state index contributed by atoms with van der Waals surface area (Å²) >= 11 is 0. The van der Waals surface area contributed by atoms with Crippen molar-refractivity contribution in [3.8, 4) is 5.75 Å². The quantitative estimate of drug-likeness (QED) is 0.701. The minimum absolute atomic E-state index is 0.406. The van der Waals surface area contributed by atoms with Crippen LogP contribution >= 0.6 is 0 Å². The highest BCUT2D eigenvalue weighted by Gasteiger charge is 2.14. The monoisotopic (exact) mass is 277 g/mol. The molecular formula is C17H27NO2. The van der Waals surface area contributed by atoms with Crippen LogP contribution in [0.1, 0.15) is 44.6 Å². The molecule has 1 aliphatic heterocycles. The molecule has 20 heavy (non-hydrogen) atoms. The topological polar surface area (TPSA) is 30.5 Å². The van der Waals surface area contributed by atoms with E-state index in [0.717, 1.165) is 38.5 Å². The van der Waals surface area contributed by atoms with Gasteiger partial charge in [0.05, 0.1) is 12.7 Å². The minimum atomic E-state index is 0.406. The number of hydrogen-bond donors (Lipinski definition) is 1. The summed E-state index contributed by atoms with van der Waals surface area (Å²) in [5.41, 5.74) is 1.27. The summed E-state index contributed by atoms with van der Waals surface area (Å²) in [5, 5.41) is 3.47. The average molecular weight is 277 g/mol. The van der Waals surface area contributed by atoms with E-state index in [4.69, 9.17) is 9.47 Å². The predicted molar refractivity (Wildman–Crippen MR) is 82.1 cm³/mol. The van der Waals surface area contributed by atoms with Crippen molar-refractivity contribution < 1.29 is 9.47 Å². The molecule has 0 radical (unpaired) electrons. The third-order valence-electron chi connectivity index (χ3n) is 3.64. The first kappa shape index (κ1) is 15.3. The van der Waals surface area contributed by atoms with E-state index < -0.39 is 0 Å². The number of nitrogens with one attached hydrogen (secondary N) is 1. The van der Waals surface area contributed by atoms with Gasteiger partial charge in [-0.05, 0) is 37.0 Å². The van der Waals surface area contributed by atoms with Crippen molar-refractivity contribution in [1.82, 2.24) is 5.32 Å². The summed E-state index contributed by atoms with van der Waals surface area (Å²) in [7, 11) is 0. The maximum absolute atomic E-state index is 5.78. The van der Waals surface area contributed by atoms with Gasteiger partial charge in [0.2, 0.25) is 0 Å². The van der Waals surface area contributed by atoms with Crippen molar-refractivity contribution in [3.63, 3.8) is 0 Å². The molecule has 1 fully saturated rings. The zero-order valence-electron chi connectivity index (χ0n) is 12.6. The van der Waals surface area contributed by atoms with Gasteiger partial charge in [-0.2, -0.15) is 0 Å². The molecule has 1 heterocycles. The molecular weight excluding hydrogens is 250 g/mol. The zero-order valence-corrected chi connectivity index (χ0v) is 12.6. The van der Waals surface area contributed by atoms with E-state index in [1.807, 2.05) is 6.07 Å². The molecule has 1 aromatic rings. The second kappa shape index (κ2) is 8.98. The fourth-order valence-corrected chi connectivity index (χ4v) is 2.47. The zero-order chi connectivity index (χ0) is 14.0. The Bertz CT molecular complexity index is 375. The fraction of sp³-hybridized carbons (Fsp3) is 0.647. The van der Waals surface area contributed by atoms with E-state index in [0.29, 0.717) is 6.10 Å². The Morgan fingerprint density at radius 2 is 2.30 bits per heavy atom. The summed E-state index contributed by atoms with van der Waals surface area (Å²) in [4.78, 5) is 0. The summed E-state index contributed by atoms with van der Waals surface area (Å²) < 4.78 is 11.4. The highest BCUT2D eigenvalue weighted by Crippen LogP contribution is 2.15. The highest BCUT2D eigenvalue weighted by molar-refractivity contribution is 5.28. The van der Waals surface area contributed by atoms with Crippen LogP contribution in [-0.4, -0.2) is 25.9 Å². The van der Waals surface area contributed by atoms with Gasteiger partial charge >= 0.3 is 0 Å². The molecule has 3 heteroatoms. The number of unbranched alkanes of at least 4 members (excludes halogenated alkanes) is 2. The van der Waals surface area contributed by atoms with Crippen LogP contribution < -0.4 is 10.1 Å². The lowest BCUT2D eigenvalue weighted by Crippen LogP contribution is -2.25. The lowest BCUT2D eigenvalue weighted by molar-refractivity contribution is 0.110. The molecule has 1 atom stereocenters. The Kier molecular flexibility index (Phi) is 6.89. The number of ether oxygens (including phenoxy) is 2. The van der Waals surface area contributed by atoms with Crippen molar-refractivity contribution >= 4 is 0 Å². The van der Waals surface area contributed by atoms with E-state index in [9.17, 15) is 0 Å². The number of benzene rings is 1. The van der Waals surface area contributed by atoms with E-state index in [2.05, 4.69) is 30.4 Å². The van der Waals surface area contributed by atoms with E-state index in [-0.39, 0.29) is 0 Å². The summed E-state index contributed by atoms with van der Waals surface area (Å²) in [6.07, 6.45) is 6.40. The van der Waals surface area contributed by atoms with Gasteiger partial charge in [-0.3, -0.25) is 0 Å². The minimum Gasteiger partial charge on any atom is -0.494 e. The van der Waals surface area contributed by atoms with Gasteiger partial charge < -0.3 is 14.8 Å². The molecule has 0 bridgehead atoms. The lowest BCUT2D eigenvalue weighted by Gasteiger charge is -2.11. The van der Waals surface area contributed by atoms with Crippen LogP contribution in [0.3, 0.4) is 0 Å². The lowest BCUT2D eigenvalue weighted by atomic mass is 10.2. The average Bonchev–Trinajstić information content (AvgIpc) is 2.97. The van der Waals surface area contributed by atoms with Crippen LogP contribution in [0, 0.1) is 0 Å². The van der Waals surface area contributed by atoms with Crippen LogP contribution in [0.4, 0.5) is 0 Å². The van der Waals surface area contributed by atoms with Crippen molar-refractivity contribution in [3.05, 3.63) is 29.8 Å². The number of rotatable bonds is 9. The number of hydrogen-bond acceptors (Lipinski definition) is 3. The Labute approximate surface area is 122 Å². The molecule has 1 aliphatic rings. The van der Waals surface area contributed by atoms with Gasteiger partial charge in [0.25, 0.3) is 0 Å². The molecule has 0 aromatic heterocycles. The Morgan fingerprint density at radius 1 is 1.35 bits per heavy atom. The predicted octanol–water partition coefficient (Wildman–Crippen LogP) is 3.52. The molecule has 112 valence electrons. The molecule has 0 amide bonds. The van der Waals surface area contributed by atoms with E-state index in [1.54, 1.807) is 0 Å². The Balaban J connectivity index is 1.68. The van der Waals surface area contributed by atoms with Crippen molar-refractivity contribution in [2.45, 2.75) is 51.7 Å². The summed E-state index contributed by atoms with van der Waals surface area (Å²) in [6, 6.07) is 8.38. The van der Waals surface area contributed by atoms with Crippen LogP contribution in [0.2, 0.25) is 0 Å². The summed E-state index contributed by atoms with van der Waals surface area (Å²) in [6.45, 7) is 5.78. The van der Waals surface area contributed by atoms with Crippen molar-refractivity contribution in [2.24, 2.45) is 0 Å². The SMILES string of the molecule is CCCCCOc1cccc(CNCC2CCCO2)c1. The maximum Gasteiger partial charge on any atom is 0.119 e. The van der Waals surface area contributed by atoms with Gasteiger partial charge in [0, 0.05) is 19.7 Å². The van der Waals surface area contributed by atoms with Gasteiger partial charge in [-0.15, -0.1) is 0 Å². The standard InChI is InChI=1S/C17H27NO2/c1-2-3-4-10-19-16-8-5-7-15(12-16)13-18-14-17-9-6-11-20-17/h5,7-8,12,17-18H,2-4,6,9-11,13-14H2,1H3. The third kappa shape index (κ3) is 5.51. The second-order valence-electron chi connectivity index (χ2n) is 5.47. The highest BCUT2D eigenvalue weighted by atomic mass is 16.5. The van der Waals surface area contributed by atoms with Gasteiger partial charge in [0.1, 0.15) is 5.75 Å². The molecule has 0 aliphatic carbocycles. The first-order valence-corrected chi connectivity index (χ1v) is 7.92. The third-order valence-corrected chi connectivity index (χ3v) is 3.64. The second-order valence-corrected chi connectivity index (χ2v) is 5.47. The summed E-state index contributed by atoms with van der Waals surface area (Å²) in [5.74, 6) is 0.984. The largest absolute Gasteiger partial charge is 0.494 e. The molecule has 1 unspecified atom stereocenters. The normalized spacial score (nSPS) is 18.4. The maximum atomic E-state index is 5.78. The van der Waals surface area contributed by atoms with Crippen LogP contribution in [-0.2, 0) is 11.3 Å². The molecule has 0 saturated carbocycles. The first-order valence-electron chi connectivity index (χ1n) is 7.92. The smallest absolute Gasteiger partial charge is 0.119 e. The Hall–Kier alpha value is -1.06. The molecule has 1 aromatic carbocycles. The van der Waals surface area contributed by atoms with E-state index in [1.165, 1.54) is 31.2 Å². The molecule has 0 spiro atoms. The van der Waals surface area contributed by atoms with Crippen LogP contribution in [0.5, 0.6) is 5.75 Å². The molecule has 3 nitrogen and oxygen atoms in total. The van der Waals surface area contributed by atoms with Gasteiger partial charge in [-0.1, -0.05) is 31.9 Å². The molecule has 1 N–H and O–H groups in total. The fourth-order valence-electron chi connectivity index (χ4n) is 2.47. The van der Waals surface area contributed by atoms with Gasteiger partial charge in [-0.25, -0.2) is 0 Å². The van der Waals surface area contributed by atoms with Gasteiger partial charge in [0.15, 0.2) is 0 Å². The van der Waals surface area contributed by atoms with Crippen LogP contribution in [0.25, 0.3) is 0 Å². The molecule has 2 rings (SSSR count). The Morgan fingerprint density at radius 3 is 3.10 bits per heavy atom.